The van der Waals surface area contributed by atoms with Crippen molar-refractivity contribution in [2.75, 3.05) is 13.2 Å². The number of hydrogen-bond donors (Lipinski definition) is 1. The Kier molecular flexibility index (Phi) is 5.33. The van der Waals surface area contributed by atoms with E-state index in [2.05, 4.69) is 4.52 Å². The second kappa shape index (κ2) is 6.62. The molecule has 4 nitrogen and oxygen atoms in total. The molecular formula is C9H12O4P+. The predicted octanol–water partition coefficient (Wildman–Crippen LogP) is 1.87. The number of hydrogen-bond acceptors (Lipinski definition) is 4. The Morgan fingerprint density at radius 1 is 1.21 bits per heavy atom. The van der Waals surface area contributed by atoms with Crippen LogP contribution in [-0.4, -0.2) is 18.3 Å². The van der Waals surface area contributed by atoms with Crippen molar-refractivity contribution in [1.82, 2.24) is 0 Å². The van der Waals surface area contributed by atoms with Gasteiger partial charge in [0.1, 0.15) is 13.2 Å². The highest BCUT2D eigenvalue weighted by Crippen LogP contribution is 2.24. The molecule has 0 saturated heterocycles. The predicted molar refractivity (Wildman–Crippen MR) is 51.9 cm³/mol. The third kappa shape index (κ3) is 4.44. The maximum atomic E-state index is 11.0. The number of benzene rings is 1. The minimum absolute atomic E-state index is 0.0317. The van der Waals surface area contributed by atoms with E-state index in [0.717, 1.165) is 5.56 Å². The fourth-order valence-corrected chi connectivity index (χ4v) is 1.41. The maximum Gasteiger partial charge on any atom is 0.697 e. The van der Waals surface area contributed by atoms with Gasteiger partial charge in [0.25, 0.3) is 0 Å². The molecule has 0 spiro atoms. The molecule has 0 aliphatic rings. The van der Waals surface area contributed by atoms with Gasteiger partial charge in [-0.3, -0.25) is 0 Å². The van der Waals surface area contributed by atoms with Gasteiger partial charge in [0.05, 0.1) is 6.61 Å². The van der Waals surface area contributed by atoms with Crippen LogP contribution in [0.5, 0.6) is 0 Å². The minimum atomic E-state index is -2.12. The zero-order chi connectivity index (χ0) is 10.2. The van der Waals surface area contributed by atoms with E-state index in [-0.39, 0.29) is 19.8 Å². The lowest BCUT2D eigenvalue weighted by molar-refractivity contribution is 0.171. The van der Waals surface area contributed by atoms with Gasteiger partial charge >= 0.3 is 8.25 Å². The Bertz CT molecular complexity index is 275. The van der Waals surface area contributed by atoms with Crippen LogP contribution in [-0.2, 0) is 20.2 Å². The lowest BCUT2D eigenvalue weighted by Crippen LogP contribution is -1.93. The van der Waals surface area contributed by atoms with Crippen molar-refractivity contribution in [3.8, 4) is 0 Å². The summed E-state index contributed by atoms with van der Waals surface area (Å²) in [6, 6.07) is 9.39. The normalized spacial score (nSPS) is 11.4. The minimum Gasteiger partial charge on any atom is -0.394 e. The van der Waals surface area contributed by atoms with E-state index >= 15 is 0 Å². The summed E-state index contributed by atoms with van der Waals surface area (Å²) >= 11 is 0. The molecule has 1 N–H and O–H groups in total. The van der Waals surface area contributed by atoms with Crippen molar-refractivity contribution in [3.63, 3.8) is 0 Å². The third-order valence-corrected chi connectivity index (χ3v) is 2.20. The molecular weight excluding hydrogens is 203 g/mol. The van der Waals surface area contributed by atoms with Gasteiger partial charge in [-0.1, -0.05) is 30.3 Å². The van der Waals surface area contributed by atoms with E-state index in [4.69, 9.17) is 9.63 Å². The molecule has 1 rings (SSSR count). The molecule has 5 heteroatoms. The molecule has 0 fully saturated rings. The summed E-state index contributed by atoms with van der Waals surface area (Å²) < 4.78 is 20.5. The van der Waals surface area contributed by atoms with E-state index in [1.165, 1.54) is 0 Å². The Labute approximate surface area is 83.4 Å². The fraction of sp³-hybridized carbons (Fsp3) is 0.333. The highest BCUT2D eigenvalue weighted by molar-refractivity contribution is 7.33. The van der Waals surface area contributed by atoms with Gasteiger partial charge in [0.2, 0.25) is 0 Å². The van der Waals surface area contributed by atoms with Crippen molar-refractivity contribution >= 4 is 8.25 Å². The lowest BCUT2D eigenvalue weighted by atomic mass is 10.2. The highest BCUT2D eigenvalue weighted by Gasteiger charge is 2.19. The first kappa shape index (κ1) is 11.3. The van der Waals surface area contributed by atoms with E-state index in [9.17, 15) is 4.57 Å². The van der Waals surface area contributed by atoms with E-state index in [1.54, 1.807) is 0 Å². The highest BCUT2D eigenvalue weighted by atomic mass is 31.1. The van der Waals surface area contributed by atoms with Crippen LogP contribution in [0.25, 0.3) is 0 Å². The van der Waals surface area contributed by atoms with Crippen LogP contribution >= 0.6 is 8.25 Å². The van der Waals surface area contributed by atoms with E-state index in [1.807, 2.05) is 30.3 Å². The van der Waals surface area contributed by atoms with Crippen molar-refractivity contribution in [2.45, 2.75) is 6.61 Å². The molecule has 1 atom stereocenters. The van der Waals surface area contributed by atoms with E-state index < -0.39 is 8.25 Å². The number of aliphatic hydroxyl groups excluding tert-OH is 1. The van der Waals surface area contributed by atoms with Crippen LogP contribution < -0.4 is 0 Å². The monoisotopic (exact) mass is 215 g/mol. The molecule has 14 heavy (non-hydrogen) atoms. The topological polar surface area (TPSA) is 55.8 Å². The molecule has 1 aromatic carbocycles. The average Bonchev–Trinajstić information content (AvgIpc) is 2.25. The molecule has 0 aliphatic carbocycles. The second-order valence-corrected chi connectivity index (χ2v) is 3.50. The van der Waals surface area contributed by atoms with Crippen LogP contribution in [0.2, 0.25) is 0 Å². The van der Waals surface area contributed by atoms with Crippen molar-refractivity contribution in [2.24, 2.45) is 0 Å². The summed E-state index contributed by atoms with van der Waals surface area (Å²) in [5.74, 6) is 0. The Balaban J connectivity index is 2.24. The molecule has 1 aromatic rings. The molecule has 0 radical (unpaired) electrons. The number of rotatable bonds is 6. The molecule has 0 aromatic heterocycles. The van der Waals surface area contributed by atoms with Crippen molar-refractivity contribution in [1.29, 1.82) is 0 Å². The fourth-order valence-electron chi connectivity index (χ4n) is 0.854. The van der Waals surface area contributed by atoms with Gasteiger partial charge in [0.15, 0.2) is 0 Å². The Morgan fingerprint density at radius 3 is 2.57 bits per heavy atom. The largest absolute Gasteiger partial charge is 0.697 e. The zero-order valence-electron chi connectivity index (χ0n) is 7.63. The summed E-state index contributed by atoms with van der Waals surface area (Å²) in [4.78, 5) is 0. The van der Waals surface area contributed by atoms with Gasteiger partial charge in [-0.25, -0.2) is 0 Å². The Morgan fingerprint density at radius 2 is 1.93 bits per heavy atom. The zero-order valence-corrected chi connectivity index (χ0v) is 8.52. The first-order chi connectivity index (χ1) is 6.83. The van der Waals surface area contributed by atoms with Crippen LogP contribution in [0.15, 0.2) is 30.3 Å². The summed E-state index contributed by atoms with van der Waals surface area (Å²) in [5, 5.41) is 8.39. The first-order valence-corrected chi connectivity index (χ1v) is 5.30. The van der Waals surface area contributed by atoms with Crippen LogP contribution in [0.4, 0.5) is 0 Å². The van der Waals surface area contributed by atoms with Crippen LogP contribution in [0, 0.1) is 0 Å². The quantitative estimate of drug-likeness (QED) is 0.736. The molecule has 0 saturated carbocycles. The molecule has 1 unspecified atom stereocenters. The van der Waals surface area contributed by atoms with Gasteiger partial charge in [-0.15, -0.1) is 9.05 Å². The molecule has 0 heterocycles. The van der Waals surface area contributed by atoms with Gasteiger partial charge in [-0.2, -0.15) is 0 Å². The second-order valence-electron chi connectivity index (χ2n) is 2.54. The molecule has 0 bridgehead atoms. The van der Waals surface area contributed by atoms with Gasteiger partial charge in [-0.05, 0) is 5.56 Å². The Hall–Kier alpha value is -0.800. The molecule has 76 valence electrons. The summed E-state index contributed by atoms with van der Waals surface area (Å²) in [7, 11) is -2.12. The van der Waals surface area contributed by atoms with Crippen molar-refractivity contribution < 1.29 is 18.7 Å². The summed E-state index contributed by atoms with van der Waals surface area (Å²) in [6.07, 6.45) is 0. The van der Waals surface area contributed by atoms with Crippen LogP contribution in [0.3, 0.4) is 0 Å². The summed E-state index contributed by atoms with van der Waals surface area (Å²) in [5.41, 5.74) is 0.934. The first-order valence-electron chi connectivity index (χ1n) is 4.21. The van der Waals surface area contributed by atoms with Crippen molar-refractivity contribution in [3.05, 3.63) is 35.9 Å². The smallest absolute Gasteiger partial charge is 0.394 e. The van der Waals surface area contributed by atoms with Gasteiger partial charge in [0, 0.05) is 4.57 Å². The van der Waals surface area contributed by atoms with E-state index in [0.29, 0.717) is 0 Å². The maximum absolute atomic E-state index is 11.0. The number of aliphatic hydroxyl groups is 1. The average molecular weight is 215 g/mol. The third-order valence-electron chi connectivity index (χ3n) is 1.47. The van der Waals surface area contributed by atoms with Gasteiger partial charge < -0.3 is 5.11 Å². The lowest BCUT2D eigenvalue weighted by Gasteiger charge is -1.92. The molecule has 0 amide bonds. The molecule has 0 aliphatic heterocycles. The summed E-state index contributed by atoms with van der Waals surface area (Å²) in [6.45, 7) is 0.126. The SMILES string of the molecule is O=[P+](OCCO)OCc1ccccc1. The standard InChI is InChI=1S/C9H12O4P/c10-6-7-12-14(11)13-8-9-4-2-1-3-5-9/h1-5,10H,6-8H2/q+1. The van der Waals surface area contributed by atoms with Crippen LogP contribution in [0.1, 0.15) is 5.56 Å².